The van der Waals surface area contributed by atoms with Gasteiger partial charge in [-0.1, -0.05) is 6.92 Å². The number of methoxy groups -OCH3 is 1. The molecule has 2 aromatic carbocycles. The van der Waals surface area contributed by atoms with Crippen LogP contribution in [-0.2, 0) is 41.6 Å². The lowest BCUT2D eigenvalue weighted by Gasteiger charge is -2.25. The van der Waals surface area contributed by atoms with Gasteiger partial charge < -0.3 is 15.0 Å². The summed E-state index contributed by atoms with van der Waals surface area (Å²) in [6.07, 6.45) is -3.83. The third-order valence-corrected chi connectivity index (χ3v) is 6.94. The van der Waals surface area contributed by atoms with Crippen molar-refractivity contribution in [3.63, 3.8) is 0 Å². The maximum atomic E-state index is 13.9. The van der Waals surface area contributed by atoms with Crippen LogP contribution in [0.25, 0.3) is 0 Å². The zero-order valence-electron chi connectivity index (χ0n) is 22.2. The Morgan fingerprint density at radius 1 is 1.15 bits per heavy atom. The van der Waals surface area contributed by atoms with Gasteiger partial charge in [0.2, 0.25) is 11.8 Å². The summed E-state index contributed by atoms with van der Waals surface area (Å²) in [5, 5.41) is 6.27. The van der Waals surface area contributed by atoms with Crippen molar-refractivity contribution in [2.24, 2.45) is 5.92 Å². The third-order valence-electron chi connectivity index (χ3n) is 6.94. The van der Waals surface area contributed by atoms with Gasteiger partial charge in [0, 0.05) is 36.5 Å². The van der Waals surface area contributed by atoms with Crippen molar-refractivity contribution in [3.8, 4) is 5.75 Å². The van der Waals surface area contributed by atoms with Gasteiger partial charge in [-0.15, -0.1) is 0 Å². The van der Waals surface area contributed by atoms with E-state index in [0.717, 1.165) is 16.8 Å². The van der Waals surface area contributed by atoms with Gasteiger partial charge in [-0.3, -0.25) is 14.3 Å². The number of fused-ring (bicyclic) bond motifs is 1. The average molecular weight is 565 g/mol. The summed E-state index contributed by atoms with van der Waals surface area (Å²) in [7, 11) is 2.96. The molecule has 7 nitrogen and oxygen atoms in total. The van der Waals surface area contributed by atoms with Gasteiger partial charge in [0.25, 0.3) is 0 Å². The van der Waals surface area contributed by atoms with Gasteiger partial charge in [-0.2, -0.15) is 18.3 Å². The number of ether oxygens (including phenoxy) is 1. The molecule has 0 saturated carbocycles. The van der Waals surface area contributed by atoms with Gasteiger partial charge in [0.15, 0.2) is 5.69 Å². The predicted octanol–water partition coefficient (Wildman–Crippen LogP) is 4.70. The van der Waals surface area contributed by atoms with E-state index in [1.54, 1.807) is 24.3 Å². The highest BCUT2D eigenvalue weighted by atomic mass is 19.4. The summed E-state index contributed by atoms with van der Waals surface area (Å²) < 4.78 is 74.9. The van der Waals surface area contributed by atoms with E-state index < -0.39 is 47.9 Å². The van der Waals surface area contributed by atoms with E-state index >= 15 is 0 Å². The summed E-state index contributed by atoms with van der Waals surface area (Å²) in [5.41, 5.74) is -0.0131. The molecule has 40 heavy (non-hydrogen) atoms. The number of likely N-dealkylation sites (N-methyl/N-ethyl adjacent to an activating group) is 1. The maximum absolute atomic E-state index is 13.9. The van der Waals surface area contributed by atoms with Crippen LogP contribution in [-0.4, -0.2) is 41.8 Å². The molecule has 1 N–H and O–H groups in total. The summed E-state index contributed by atoms with van der Waals surface area (Å²) >= 11 is 0. The minimum absolute atomic E-state index is 0.0838. The zero-order chi connectivity index (χ0) is 29.2. The van der Waals surface area contributed by atoms with Crippen LogP contribution in [0.15, 0.2) is 42.5 Å². The van der Waals surface area contributed by atoms with Crippen LogP contribution in [0, 0.1) is 17.6 Å². The van der Waals surface area contributed by atoms with Gasteiger partial charge >= 0.3 is 6.18 Å². The molecule has 1 aliphatic rings. The number of benzene rings is 2. The number of rotatable bonds is 8. The number of nitrogens with one attached hydrogen (secondary N) is 1. The number of hydrogen-bond donors (Lipinski definition) is 1. The van der Waals surface area contributed by atoms with Crippen LogP contribution in [0.1, 0.15) is 35.9 Å². The first-order valence-corrected chi connectivity index (χ1v) is 12.7. The smallest absolute Gasteiger partial charge is 0.435 e. The van der Waals surface area contributed by atoms with Crippen LogP contribution in [0.4, 0.5) is 27.6 Å². The Morgan fingerprint density at radius 2 is 1.80 bits per heavy atom. The molecule has 0 bridgehead atoms. The summed E-state index contributed by atoms with van der Waals surface area (Å²) in [5.74, 6) is -2.41. The monoisotopic (exact) mass is 564 g/mol. The first-order valence-electron chi connectivity index (χ1n) is 12.7. The molecule has 0 radical (unpaired) electrons. The molecule has 12 heteroatoms. The quantitative estimate of drug-likeness (QED) is 0.403. The van der Waals surface area contributed by atoms with E-state index in [-0.39, 0.29) is 29.9 Å². The fourth-order valence-corrected chi connectivity index (χ4v) is 4.91. The second kappa shape index (κ2) is 11.6. The Labute approximate surface area is 227 Å². The van der Waals surface area contributed by atoms with Crippen molar-refractivity contribution < 1.29 is 36.3 Å². The minimum Gasteiger partial charge on any atom is -0.497 e. The highest BCUT2D eigenvalue weighted by molar-refractivity contribution is 5.99. The number of nitrogens with zero attached hydrogens (tertiary/aromatic N) is 3. The SMILES string of the molecule is COc1ccc(N(C)C(=O)[C@H](Cc2cc(F)cc(F)c2)NC(=O)Cn2nc(C(F)(F)F)c3c2CC(C)CC3)cc1. The predicted molar refractivity (Wildman–Crippen MR) is 137 cm³/mol. The Balaban J connectivity index is 1.60. The molecule has 1 heterocycles. The molecule has 3 aromatic rings. The molecular formula is C28H29F5N4O3. The van der Waals surface area contributed by atoms with E-state index in [1.165, 1.54) is 19.1 Å². The first-order chi connectivity index (χ1) is 18.8. The second-order valence-electron chi connectivity index (χ2n) is 9.97. The van der Waals surface area contributed by atoms with E-state index in [9.17, 15) is 31.5 Å². The third kappa shape index (κ3) is 6.60. The van der Waals surface area contributed by atoms with Crippen molar-refractivity contribution in [1.82, 2.24) is 15.1 Å². The van der Waals surface area contributed by atoms with E-state index in [4.69, 9.17) is 4.74 Å². The number of alkyl halides is 3. The lowest BCUT2D eigenvalue weighted by atomic mass is 9.88. The summed E-state index contributed by atoms with van der Waals surface area (Å²) in [6, 6.07) is 7.99. The Morgan fingerprint density at radius 3 is 2.40 bits per heavy atom. The maximum Gasteiger partial charge on any atom is 0.435 e. The van der Waals surface area contributed by atoms with Crippen LogP contribution < -0.4 is 15.0 Å². The molecule has 2 atom stereocenters. The van der Waals surface area contributed by atoms with Gasteiger partial charge in [0.05, 0.1) is 7.11 Å². The highest BCUT2D eigenvalue weighted by Crippen LogP contribution is 2.37. The fourth-order valence-electron chi connectivity index (χ4n) is 4.91. The van der Waals surface area contributed by atoms with E-state index in [0.29, 0.717) is 36.0 Å². The van der Waals surface area contributed by atoms with Crippen LogP contribution in [0.5, 0.6) is 5.75 Å². The summed E-state index contributed by atoms with van der Waals surface area (Å²) in [4.78, 5) is 27.9. The van der Waals surface area contributed by atoms with Crippen molar-refractivity contribution in [2.75, 3.05) is 19.1 Å². The van der Waals surface area contributed by atoms with Gasteiger partial charge in [-0.25, -0.2) is 8.78 Å². The van der Waals surface area contributed by atoms with E-state index in [1.807, 2.05) is 6.92 Å². The lowest BCUT2D eigenvalue weighted by molar-refractivity contribution is -0.142. The van der Waals surface area contributed by atoms with Crippen molar-refractivity contribution in [2.45, 2.75) is 51.4 Å². The normalized spacial score (nSPS) is 15.8. The molecule has 0 fully saturated rings. The van der Waals surface area contributed by atoms with Crippen LogP contribution in [0.2, 0.25) is 0 Å². The van der Waals surface area contributed by atoms with Crippen LogP contribution >= 0.6 is 0 Å². The number of anilines is 1. The largest absolute Gasteiger partial charge is 0.497 e. The molecule has 4 rings (SSSR count). The van der Waals surface area contributed by atoms with E-state index in [2.05, 4.69) is 10.4 Å². The molecule has 2 amide bonds. The minimum atomic E-state index is -4.67. The molecule has 1 aromatic heterocycles. The molecule has 1 unspecified atom stereocenters. The topological polar surface area (TPSA) is 76.5 Å². The number of carbonyl (C=O) groups is 2. The van der Waals surface area contributed by atoms with Crippen molar-refractivity contribution >= 4 is 17.5 Å². The van der Waals surface area contributed by atoms with Gasteiger partial charge in [-0.05, 0) is 67.1 Å². The molecule has 214 valence electrons. The standard InChI is InChI=1S/C28H29F5N4O3/c1-16-4-9-22-24(10-16)37(35-26(22)28(31,32)33)15-25(38)34-23(13-17-11-18(29)14-19(30)12-17)27(39)36(2)20-5-7-21(40-3)8-6-20/h5-8,11-12,14,16,23H,4,9-10,13,15H2,1-3H3,(H,34,38)/t16?,23-/m0/s1. The van der Waals surface area contributed by atoms with Crippen molar-refractivity contribution in [3.05, 3.63) is 76.6 Å². The van der Waals surface area contributed by atoms with Gasteiger partial charge in [0.1, 0.15) is 30.0 Å². The average Bonchev–Trinajstić information content (AvgIpc) is 3.24. The zero-order valence-corrected chi connectivity index (χ0v) is 22.2. The Kier molecular flexibility index (Phi) is 8.45. The van der Waals surface area contributed by atoms with Crippen LogP contribution in [0.3, 0.4) is 0 Å². The summed E-state index contributed by atoms with van der Waals surface area (Å²) in [6.45, 7) is 1.36. The number of hydrogen-bond acceptors (Lipinski definition) is 4. The fraction of sp³-hybridized carbons (Fsp3) is 0.393. The lowest BCUT2D eigenvalue weighted by Crippen LogP contribution is -2.49. The van der Waals surface area contributed by atoms with Crippen molar-refractivity contribution in [1.29, 1.82) is 0 Å². The molecule has 0 saturated heterocycles. The molecular weight excluding hydrogens is 535 g/mol. The number of carbonyl (C=O) groups excluding carboxylic acids is 2. The number of aromatic nitrogens is 2. The Hall–Kier alpha value is -3.96. The molecule has 1 aliphatic carbocycles. The first kappa shape index (κ1) is 29.0. The number of amides is 2. The molecule has 0 aliphatic heterocycles. The second-order valence-corrected chi connectivity index (χ2v) is 9.97. The number of halogens is 5. The molecule has 0 spiro atoms. The Bertz CT molecular complexity index is 1370. The highest BCUT2D eigenvalue weighted by Gasteiger charge is 2.40.